The molecule has 0 unspecified atom stereocenters. The molecule has 0 amide bonds. The highest BCUT2D eigenvalue weighted by molar-refractivity contribution is 7.13. The summed E-state index contributed by atoms with van der Waals surface area (Å²) in [6.45, 7) is 5.89. The molecule has 0 N–H and O–H groups in total. The number of nitrogens with zero attached hydrogens (tertiary/aromatic N) is 4. The lowest BCUT2D eigenvalue weighted by Crippen LogP contribution is -2.35. The Morgan fingerprint density at radius 2 is 1.81 bits per heavy atom. The Labute approximate surface area is 188 Å². The van der Waals surface area contributed by atoms with E-state index in [0.717, 1.165) is 49.8 Å². The zero-order chi connectivity index (χ0) is 21.0. The molecule has 31 heavy (non-hydrogen) atoms. The molecule has 1 saturated heterocycles. The van der Waals surface area contributed by atoms with Gasteiger partial charge in [-0.3, -0.25) is 4.98 Å². The molecule has 1 aliphatic carbocycles. The molecular formula is C25H30N4OS. The van der Waals surface area contributed by atoms with Gasteiger partial charge in [-0.15, -0.1) is 11.3 Å². The minimum absolute atomic E-state index is 0.704. The van der Waals surface area contributed by atoms with Gasteiger partial charge in [0.2, 0.25) is 5.95 Å². The summed E-state index contributed by atoms with van der Waals surface area (Å²) >= 11 is 1.67. The van der Waals surface area contributed by atoms with Gasteiger partial charge < -0.3 is 9.64 Å². The first-order valence-corrected chi connectivity index (χ1v) is 12.3. The van der Waals surface area contributed by atoms with Crippen LogP contribution in [-0.2, 0) is 17.8 Å². The van der Waals surface area contributed by atoms with E-state index in [1.165, 1.54) is 40.8 Å². The summed E-state index contributed by atoms with van der Waals surface area (Å²) in [5, 5.41) is 0. The summed E-state index contributed by atoms with van der Waals surface area (Å²) in [6.07, 6.45) is 10.7. The predicted octanol–water partition coefficient (Wildman–Crippen LogP) is 5.23. The van der Waals surface area contributed by atoms with Gasteiger partial charge >= 0.3 is 0 Å². The highest BCUT2D eigenvalue weighted by atomic mass is 32.1. The lowest BCUT2D eigenvalue weighted by Gasteiger charge is -2.32. The maximum absolute atomic E-state index is 6.07. The van der Waals surface area contributed by atoms with Crippen LogP contribution in [0.4, 0.5) is 5.95 Å². The summed E-state index contributed by atoms with van der Waals surface area (Å²) in [4.78, 5) is 16.8. The van der Waals surface area contributed by atoms with E-state index in [-0.39, 0.29) is 0 Å². The molecule has 1 aromatic carbocycles. The topological polar surface area (TPSA) is 51.1 Å². The molecule has 0 radical (unpaired) electrons. The summed E-state index contributed by atoms with van der Waals surface area (Å²) in [5.74, 6) is 3.32. The van der Waals surface area contributed by atoms with Gasteiger partial charge in [-0.1, -0.05) is 31.2 Å². The highest BCUT2D eigenvalue weighted by Crippen LogP contribution is 2.48. The molecule has 2 fully saturated rings. The fourth-order valence-electron chi connectivity index (χ4n) is 4.71. The van der Waals surface area contributed by atoms with Crippen LogP contribution in [0.2, 0.25) is 0 Å². The zero-order valence-corrected chi connectivity index (χ0v) is 18.9. The Morgan fingerprint density at radius 3 is 2.48 bits per heavy atom. The number of benzene rings is 1. The average molecular weight is 435 g/mol. The molecule has 0 bridgehead atoms. The quantitative estimate of drug-likeness (QED) is 0.486. The first kappa shape index (κ1) is 20.6. The fourth-order valence-corrected chi connectivity index (χ4v) is 5.34. The largest absolute Gasteiger partial charge is 0.376 e. The van der Waals surface area contributed by atoms with Crippen molar-refractivity contribution < 1.29 is 4.74 Å². The van der Waals surface area contributed by atoms with Crippen molar-refractivity contribution in [1.29, 1.82) is 0 Å². The monoisotopic (exact) mass is 434 g/mol. The Bertz CT molecular complexity index is 950. The van der Waals surface area contributed by atoms with Gasteiger partial charge in [0.05, 0.1) is 23.6 Å². The van der Waals surface area contributed by atoms with Crippen LogP contribution < -0.4 is 4.90 Å². The van der Waals surface area contributed by atoms with E-state index in [4.69, 9.17) is 4.74 Å². The number of ether oxygens (including phenoxy) is 1. The number of piperidine rings is 1. The van der Waals surface area contributed by atoms with Crippen molar-refractivity contribution in [3.05, 3.63) is 59.5 Å². The van der Waals surface area contributed by atoms with Crippen molar-refractivity contribution in [2.24, 2.45) is 17.8 Å². The highest BCUT2D eigenvalue weighted by Gasteiger charge is 2.43. The van der Waals surface area contributed by atoms with Gasteiger partial charge in [0, 0.05) is 31.7 Å². The van der Waals surface area contributed by atoms with E-state index in [1.807, 2.05) is 24.1 Å². The first-order valence-electron chi connectivity index (χ1n) is 11.4. The Balaban J connectivity index is 1.03. The number of aromatic nitrogens is 3. The van der Waals surface area contributed by atoms with E-state index >= 15 is 0 Å². The SMILES string of the molecule is CCc1cnc(N2CCC([C@H]3C[C@H]3COCc3ccc(-c4cncs4)cc3)CC2)nc1. The summed E-state index contributed by atoms with van der Waals surface area (Å²) in [6, 6.07) is 8.67. The predicted molar refractivity (Wildman–Crippen MR) is 125 cm³/mol. The van der Waals surface area contributed by atoms with Crippen LogP contribution in [0, 0.1) is 17.8 Å². The Morgan fingerprint density at radius 1 is 1.03 bits per heavy atom. The number of hydrogen-bond acceptors (Lipinski definition) is 6. The third kappa shape index (κ3) is 4.96. The van der Waals surface area contributed by atoms with Crippen molar-refractivity contribution in [3.8, 4) is 10.4 Å². The van der Waals surface area contributed by atoms with Crippen molar-refractivity contribution in [2.45, 2.75) is 39.2 Å². The lowest BCUT2D eigenvalue weighted by molar-refractivity contribution is 0.104. The van der Waals surface area contributed by atoms with Gasteiger partial charge in [-0.25, -0.2) is 9.97 Å². The average Bonchev–Trinajstić information content (AvgIpc) is 3.38. The van der Waals surface area contributed by atoms with Crippen LogP contribution >= 0.6 is 11.3 Å². The second-order valence-corrected chi connectivity index (χ2v) is 9.69. The van der Waals surface area contributed by atoms with Gasteiger partial charge in [-0.2, -0.15) is 0 Å². The molecule has 2 aromatic heterocycles. The van der Waals surface area contributed by atoms with Crippen molar-refractivity contribution in [2.75, 3.05) is 24.6 Å². The first-order chi connectivity index (χ1) is 15.3. The molecule has 1 aliphatic heterocycles. The molecule has 6 heteroatoms. The number of hydrogen-bond donors (Lipinski definition) is 0. The molecule has 5 nitrogen and oxygen atoms in total. The smallest absolute Gasteiger partial charge is 0.225 e. The molecule has 162 valence electrons. The lowest BCUT2D eigenvalue weighted by atomic mass is 9.91. The fraction of sp³-hybridized carbons (Fsp3) is 0.480. The minimum Gasteiger partial charge on any atom is -0.376 e. The van der Waals surface area contributed by atoms with Crippen molar-refractivity contribution >= 4 is 17.3 Å². The molecule has 0 spiro atoms. The summed E-state index contributed by atoms with van der Waals surface area (Å²) < 4.78 is 6.07. The molecule has 2 atom stereocenters. The van der Waals surface area contributed by atoms with Crippen LogP contribution in [0.1, 0.15) is 37.3 Å². The number of aryl methyl sites for hydroxylation is 1. The van der Waals surface area contributed by atoms with Crippen LogP contribution in [0.25, 0.3) is 10.4 Å². The second-order valence-electron chi connectivity index (χ2n) is 8.81. The normalized spacial score (nSPS) is 21.4. The number of anilines is 1. The molecular weight excluding hydrogens is 404 g/mol. The molecule has 5 rings (SSSR count). The molecule has 3 aromatic rings. The van der Waals surface area contributed by atoms with Gasteiger partial charge in [0.25, 0.3) is 0 Å². The third-order valence-electron chi connectivity index (χ3n) is 6.78. The van der Waals surface area contributed by atoms with E-state index in [2.05, 4.69) is 51.0 Å². The Kier molecular flexibility index (Phi) is 6.27. The van der Waals surface area contributed by atoms with Gasteiger partial charge in [-0.05, 0) is 60.1 Å². The van der Waals surface area contributed by atoms with Crippen LogP contribution in [-0.4, -0.2) is 34.6 Å². The molecule has 3 heterocycles. The van der Waals surface area contributed by atoms with Crippen molar-refractivity contribution in [3.63, 3.8) is 0 Å². The van der Waals surface area contributed by atoms with E-state index < -0.39 is 0 Å². The van der Waals surface area contributed by atoms with Gasteiger partial charge in [0.1, 0.15) is 0 Å². The molecule has 2 aliphatic rings. The zero-order valence-electron chi connectivity index (χ0n) is 18.1. The van der Waals surface area contributed by atoms with Crippen molar-refractivity contribution in [1.82, 2.24) is 15.0 Å². The number of rotatable bonds is 8. The van der Waals surface area contributed by atoms with E-state index in [9.17, 15) is 0 Å². The Hall–Kier alpha value is -2.31. The number of thiazole rings is 1. The standard InChI is InChI=1S/C25H30N4OS/c1-2-18-12-27-25(28-13-18)29-9-7-20(8-10-29)23-11-22(23)16-30-15-19-3-5-21(6-4-19)24-14-26-17-31-24/h3-6,12-14,17,20,22-23H,2,7-11,15-16H2,1H3/t22-,23+/m0/s1. The second kappa shape index (κ2) is 9.45. The summed E-state index contributed by atoms with van der Waals surface area (Å²) in [5.41, 5.74) is 5.55. The van der Waals surface area contributed by atoms with E-state index in [1.54, 1.807) is 11.3 Å². The maximum Gasteiger partial charge on any atom is 0.225 e. The maximum atomic E-state index is 6.07. The van der Waals surface area contributed by atoms with Crippen LogP contribution in [0.5, 0.6) is 0 Å². The van der Waals surface area contributed by atoms with E-state index in [0.29, 0.717) is 6.61 Å². The van der Waals surface area contributed by atoms with Gasteiger partial charge in [0.15, 0.2) is 0 Å². The van der Waals surface area contributed by atoms with Crippen LogP contribution in [0.3, 0.4) is 0 Å². The summed E-state index contributed by atoms with van der Waals surface area (Å²) in [7, 11) is 0. The van der Waals surface area contributed by atoms with Crippen LogP contribution in [0.15, 0.2) is 48.4 Å². The minimum atomic E-state index is 0.704. The molecule has 1 saturated carbocycles. The third-order valence-corrected chi connectivity index (χ3v) is 7.60.